The first-order valence-electron chi connectivity index (χ1n) is 7.74. The Balaban J connectivity index is 2.13. The van der Waals surface area contributed by atoms with E-state index in [0.717, 1.165) is 5.56 Å². The lowest BCUT2D eigenvalue weighted by molar-refractivity contribution is 0.251. The molecule has 0 bridgehead atoms. The number of carbonyl (C=O) groups excluding carboxylic acids is 1. The summed E-state index contributed by atoms with van der Waals surface area (Å²) in [7, 11) is 0. The van der Waals surface area contributed by atoms with E-state index in [4.69, 9.17) is 0 Å². The molecule has 0 spiro atoms. The van der Waals surface area contributed by atoms with E-state index >= 15 is 0 Å². The maximum Gasteiger partial charge on any atom is 0.328 e. The van der Waals surface area contributed by atoms with E-state index in [1.807, 2.05) is 20.8 Å². The summed E-state index contributed by atoms with van der Waals surface area (Å²) in [5.74, 6) is -0.556. The van der Waals surface area contributed by atoms with Crippen LogP contribution in [0, 0.1) is 12.7 Å². The number of benzene rings is 1. The molecule has 1 aromatic heterocycles. The molecular formula is C17H21FN4O3. The van der Waals surface area contributed by atoms with E-state index in [1.54, 1.807) is 13.0 Å². The number of H-pyrrole nitrogens is 1. The SMILES string of the molecule is Cc1ccc(F)c(NC(=O)NCc2cn(C(C)(C)C)c(=O)[nH]c2=O)c1. The Hall–Kier alpha value is -2.90. The smallest absolute Gasteiger partial charge is 0.328 e. The van der Waals surface area contributed by atoms with Crippen molar-refractivity contribution in [1.29, 1.82) is 0 Å². The van der Waals surface area contributed by atoms with Crippen LogP contribution in [0.25, 0.3) is 0 Å². The number of aromatic amines is 1. The van der Waals surface area contributed by atoms with Crippen molar-refractivity contribution in [3.63, 3.8) is 0 Å². The molecule has 0 atom stereocenters. The van der Waals surface area contributed by atoms with E-state index in [1.165, 1.54) is 22.9 Å². The monoisotopic (exact) mass is 348 g/mol. The molecule has 0 aliphatic carbocycles. The van der Waals surface area contributed by atoms with Gasteiger partial charge in [-0.3, -0.25) is 14.3 Å². The zero-order chi connectivity index (χ0) is 18.8. The number of anilines is 1. The van der Waals surface area contributed by atoms with Gasteiger partial charge in [0, 0.05) is 11.7 Å². The molecule has 2 amide bonds. The molecule has 134 valence electrons. The number of nitrogens with one attached hydrogen (secondary N) is 3. The molecule has 8 heteroatoms. The van der Waals surface area contributed by atoms with Gasteiger partial charge in [0.1, 0.15) is 5.82 Å². The fourth-order valence-electron chi connectivity index (χ4n) is 2.21. The van der Waals surface area contributed by atoms with Crippen molar-refractivity contribution >= 4 is 11.7 Å². The van der Waals surface area contributed by atoms with Crippen molar-refractivity contribution in [2.45, 2.75) is 39.8 Å². The van der Waals surface area contributed by atoms with Crippen LogP contribution in [0.2, 0.25) is 0 Å². The highest BCUT2D eigenvalue weighted by Gasteiger charge is 2.17. The van der Waals surface area contributed by atoms with E-state index in [9.17, 15) is 18.8 Å². The maximum absolute atomic E-state index is 13.7. The number of aromatic nitrogens is 2. The predicted molar refractivity (Wildman–Crippen MR) is 93.3 cm³/mol. The Morgan fingerprint density at radius 1 is 1.28 bits per heavy atom. The standard InChI is InChI=1S/C17H21FN4O3/c1-10-5-6-12(18)13(7-10)20-15(24)19-8-11-9-22(17(2,3)4)16(25)21-14(11)23/h5-7,9H,8H2,1-4H3,(H2,19,20,24)(H,21,23,25). The normalized spacial score (nSPS) is 11.2. The predicted octanol–water partition coefficient (Wildman–Crippen LogP) is 2.06. The molecule has 3 N–H and O–H groups in total. The second kappa shape index (κ2) is 6.92. The van der Waals surface area contributed by atoms with Crippen LogP contribution in [0.1, 0.15) is 31.9 Å². The molecule has 0 radical (unpaired) electrons. The molecule has 2 rings (SSSR count). The second-order valence-corrected chi connectivity index (χ2v) is 6.75. The third-order valence-corrected chi connectivity index (χ3v) is 3.55. The molecule has 1 aromatic carbocycles. The van der Waals surface area contributed by atoms with Crippen molar-refractivity contribution in [3.05, 3.63) is 62.2 Å². The largest absolute Gasteiger partial charge is 0.334 e. The van der Waals surface area contributed by atoms with Gasteiger partial charge in [-0.15, -0.1) is 0 Å². The van der Waals surface area contributed by atoms with Gasteiger partial charge in [-0.05, 0) is 45.4 Å². The summed E-state index contributed by atoms with van der Waals surface area (Å²) in [4.78, 5) is 37.9. The van der Waals surface area contributed by atoms with Gasteiger partial charge in [-0.2, -0.15) is 0 Å². The van der Waals surface area contributed by atoms with Crippen molar-refractivity contribution in [3.8, 4) is 0 Å². The molecule has 25 heavy (non-hydrogen) atoms. The first-order valence-corrected chi connectivity index (χ1v) is 7.74. The quantitative estimate of drug-likeness (QED) is 0.792. The van der Waals surface area contributed by atoms with Crippen LogP contribution in [-0.4, -0.2) is 15.6 Å². The van der Waals surface area contributed by atoms with E-state index in [0.29, 0.717) is 0 Å². The summed E-state index contributed by atoms with van der Waals surface area (Å²) in [6, 6.07) is 3.70. The summed E-state index contributed by atoms with van der Waals surface area (Å²) in [6.07, 6.45) is 1.41. The van der Waals surface area contributed by atoms with Crippen molar-refractivity contribution in [2.24, 2.45) is 0 Å². The highest BCUT2D eigenvalue weighted by Crippen LogP contribution is 2.15. The molecule has 0 saturated carbocycles. The molecule has 0 unspecified atom stereocenters. The third-order valence-electron chi connectivity index (χ3n) is 3.55. The minimum Gasteiger partial charge on any atom is -0.334 e. The number of amides is 2. The Kier molecular flexibility index (Phi) is 5.10. The van der Waals surface area contributed by atoms with Crippen LogP contribution < -0.4 is 21.9 Å². The number of aryl methyl sites for hydroxylation is 1. The zero-order valence-corrected chi connectivity index (χ0v) is 14.6. The number of hydrogen-bond acceptors (Lipinski definition) is 3. The first-order chi connectivity index (χ1) is 11.6. The number of urea groups is 1. The van der Waals surface area contributed by atoms with Gasteiger partial charge in [0.05, 0.1) is 17.8 Å². The summed E-state index contributed by atoms with van der Waals surface area (Å²) < 4.78 is 15.0. The minimum atomic E-state index is -0.655. The fourth-order valence-corrected chi connectivity index (χ4v) is 2.21. The zero-order valence-electron chi connectivity index (χ0n) is 14.6. The average Bonchev–Trinajstić information content (AvgIpc) is 2.48. The maximum atomic E-state index is 13.7. The van der Waals surface area contributed by atoms with Gasteiger partial charge in [0.15, 0.2) is 0 Å². The molecule has 7 nitrogen and oxygen atoms in total. The van der Waals surface area contributed by atoms with Crippen LogP contribution >= 0.6 is 0 Å². The summed E-state index contributed by atoms with van der Waals surface area (Å²) >= 11 is 0. The first kappa shape index (κ1) is 18.4. The molecule has 2 aromatic rings. The van der Waals surface area contributed by atoms with E-state index < -0.39 is 28.6 Å². The Labute approximate surface area is 143 Å². The number of halogens is 1. The van der Waals surface area contributed by atoms with Gasteiger partial charge in [-0.1, -0.05) is 6.07 Å². The van der Waals surface area contributed by atoms with E-state index in [2.05, 4.69) is 15.6 Å². The minimum absolute atomic E-state index is 0.0473. The highest BCUT2D eigenvalue weighted by molar-refractivity contribution is 5.89. The fraction of sp³-hybridized carbons (Fsp3) is 0.353. The van der Waals surface area contributed by atoms with Crippen molar-refractivity contribution in [2.75, 3.05) is 5.32 Å². The molecule has 0 fully saturated rings. The summed E-state index contributed by atoms with van der Waals surface area (Å²) in [5.41, 5.74) is -0.561. The number of hydrogen-bond donors (Lipinski definition) is 3. The average molecular weight is 348 g/mol. The van der Waals surface area contributed by atoms with Crippen molar-refractivity contribution < 1.29 is 9.18 Å². The van der Waals surface area contributed by atoms with Gasteiger partial charge in [-0.25, -0.2) is 14.0 Å². The van der Waals surface area contributed by atoms with Crippen LogP contribution in [0.15, 0.2) is 34.0 Å². The van der Waals surface area contributed by atoms with Crippen LogP contribution in [0.5, 0.6) is 0 Å². The summed E-state index contributed by atoms with van der Waals surface area (Å²) in [5, 5.41) is 4.87. The topological polar surface area (TPSA) is 96.0 Å². The van der Waals surface area contributed by atoms with Crippen LogP contribution in [-0.2, 0) is 12.1 Å². The Morgan fingerprint density at radius 3 is 2.60 bits per heavy atom. The van der Waals surface area contributed by atoms with Crippen molar-refractivity contribution in [1.82, 2.24) is 14.9 Å². The molecule has 0 aliphatic heterocycles. The van der Waals surface area contributed by atoms with E-state index in [-0.39, 0.29) is 17.8 Å². The highest BCUT2D eigenvalue weighted by atomic mass is 19.1. The second-order valence-electron chi connectivity index (χ2n) is 6.75. The Morgan fingerprint density at radius 2 is 1.96 bits per heavy atom. The molecule has 0 saturated heterocycles. The lowest BCUT2D eigenvalue weighted by Crippen LogP contribution is -2.41. The lowest BCUT2D eigenvalue weighted by Gasteiger charge is -2.22. The van der Waals surface area contributed by atoms with Gasteiger partial charge < -0.3 is 10.6 Å². The van der Waals surface area contributed by atoms with Crippen LogP contribution in [0.3, 0.4) is 0 Å². The third kappa shape index (κ3) is 4.56. The number of nitrogens with zero attached hydrogens (tertiary/aromatic N) is 1. The molecular weight excluding hydrogens is 327 g/mol. The van der Waals surface area contributed by atoms with Gasteiger partial charge in [0.25, 0.3) is 5.56 Å². The number of carbonyl (C=O) groups is 1. The van der Waals surface area contributed by atoms with Crippen LogP contribution in [0.4, 0.5) is 14.9 Å². The van der Waals surface area contributed by atoms with Gasteiger partial charge in [0.2, 0.25) is 0 Å². The molecule has 0 aliphatic rings. The Bertz CT molecular complexity index is 909. The lowest BCUT2D eigenvalue weighted by atomic mass is 10.1. The summed E-state index contributed by atoms with van der Waals surface area (Å²) in [6.45, 7) is 7.12. The molecule has 1 heterocycles. The number of rotatable bonds is 3. The van der Waals surface area contributed by atoms with Gasteiger partial charge >= 0.3 is 11.7 Å².